The van der Waals surface area contributed by atoms with E-state index in [1.165, 1.54) is 13.2 Å². The standard InChI is InChI=1S/C15H16N2O4/c1-11(2)8-9-21-15(19)12-6-4-5-7-13(12)17-16-10-14(18)20-3/h5-7,10H,1,8-9H2,2-3H3. The molecule has 0 bridgehead atoms. The molecule has 0 unspecified atom stereocenters. The number of allylic oxidation sites excluding steroid dienone is 3. The van der Waals surface area contributed by atoms with Gasteiger partial charge < -0.3 is 14.6 Å². The van der Waals surface area contributed by atoms with Crippen LogP contribution in [0.3, 0.4) is 0 Å². The minimum atomic E-state index is -0.633. The number of hydrogen-bond donors (Lipinski definition) is 0. The van der Waals surface area contributed by atoms with Gasteiger partial charge in [-0.1, -0.05) is 5.57 Å². The summed E-state index contributed by atoms with van der Waals surface area (Å²) in [5, 5.41) is 18.2. The van der Waals surface area contributed by atoms with Crippen molar-refractivity contribution in [2.45, 2.75) is 13.3 Å². The first-order valence-corrected chi connectivity index (χ1v) is 6.18. The second-order valence-electron chi connectivity index (χ2n) is 4.15. The molecule has 110 valence electrons. The molecule has 0 N–H and O–H groups in total. The van der Waals surface area contributed by atoms with Gasteiger partial charge in [-0.2, -0.15) is 5.11 Å². The molecule has 6 heteroatoms. The summed E-state index contributed by atoms with van der Waals surface area (Å²) in [4.78, 5) is 11.9. The Morgan fingerprint density at radius 1 is 1.57 bits per heavy atom. The first-order chi connectivity index (χ1) is 10.0. The summed E-state index contributed by atoms with van der Waals surface area (Å²) < 4.78 is 9.49. The number of rotatable bonds is 7. The Morgan fingerprint density at radius 3 is 3.00 bits per heavy atom. The molecule has 1 aliphatic carbocycles. The molecule has 1 aliphatic rings. The minimum absolute atomic E-state index is 0.223. The van der Waals surface area contributed by atoms with Crippen molar-refractivity contribution < 1.29 is 19.4 Å². The third-order valence-corrected chi connectivity index (χ3v) is 2.35. The van der Waals surface area contributed by atoms with E-state index < -0.39 is 11.9 Å². The minimum Gasteiger partial charge on any atom is -0.615 e. The second kappa shape index (κ2) is 8.45. The molecule has 21 heavy (non-hydrogen) atoms. The van der Waals surface area contributed by atoms with E-state index in [-0.39, 0.29) is 17.9 Å². The van der Waals surface area contributed by atoms with E-state index in [9.17, 15) is 9.90 Å². The number of ether oxygens (including phenoxy) is 2. The first-order valence-electron chi connectivity index (χ1n) is 6.18. The topological polar surface area (TPSA) is 83.3 Å². The van der Waals surface area contributed by atoms with Gasteiger partial charge in [-0.05, 0) is 14.0 Å². The number of hydrogen-bond acceptors (Lipinski definition) is 6. The van der Waals surface area contributed by atoms with Gasteiger partial charge in [-0.3, -0.25) is 0 Å². The lowest BCUT2D eigenvalue weighted by molar-refractivity contribution is -0.353. The fourth-order valence-electron chi connectivity index (χ4n) is 1.26. The Hall–Kier alpha value is -2.72. The van der Waals surface area contributed by atoms with Gasteiger partial charge in [0.25, 0.3) is 0 Å². The highest BCUT2D eigenvalue weighted by atomic mass is 16.6. The zero-order valence-electron chi connectivity index (χ0n) is 12.0. The SMILES string of the molecule is C=C(C)CCOC(=O)C1=C(N=N/C=C(\[O-])OC)C=C[C+]=C1. The van der Waals surface area contributed by atoms with Gasteiger partial charge >= 0.3 is 5.97 Å². The van der Waals surface area contributed by atoms with Gasteiger partial charge in [0, 0.05) is 12.5 Å². The lowest BCUT2D eigenvalue weighted by Crippen LogP contribution is -2.10. The second-order valence-corrected chi connectivity index (χ2v) is 4.15. The normalized spacial score (nSPS) is 14.3. The Morgan fingerprint density at radius 2 is 2.33 bits per heavy atom. The van der Waals surface area contributed by atoms with Gasteiger partial charge in [0.1, 0.15) is 12.2 Å². The first kappa shape index (κ1) is 16.3. The van der Waals surface area contributed by atoms with Crippen LogP contribution in [-0.4, -0.2) is 19.7 Å². The average Bonchev–Trinajstić information content (AvgIpc) is 2.47. The predicted octanol–water partition coefficient (Wildman–Crippen LogP) is 1.94. The van der Waals surface area contributed by atoms with Crippen LogP contribution >= 0.6 is 0 Å². The summed E-state index contributed by atoms with van der Waals surface area (Å²) in [5.41, 5.74) is 1.44. The molecule has 6 nitrogen and oxygen atoms in total. The van der Waals surface area contributed by atoms with E-state index in [2.05, 4.69) is 27.6 Å². The van der Waals surface area contributed by atoms with Crippen LogP contribution < -0.4 is 5.11 Å². The van der Waals surface area contributed by atoms with Crippen LogP contribution in [0, 0.1) is 6.08 Å². The fraction of sp³-hybridized carbons (Fsp3) is 0.267. The summed E-state index contributed by atoms with van der Waals surface area (Å²) >= 11 is 0. The highest BCUT2D eigenvalue weighted by Gasteiger charge is 2.23. The maximum atomic E-state index is 11.9. The Bertz CT molecular complexity index is 554. The zero-order valence-corrected chi connectivity index (χ0v) is 12.0. The largest absolute Gasteiger partial charge is 0.615 e. The number of carbonyl (C=O) groups is 1. The lowest BCUT2D eigenvalue weighted by Gasteiger charge is -2.04. The van der Waals surface area contributed by atoms with E-state index in [0.717, 1.165) is 11.8 Å². The summed E-state index contributed by atoms with van der Waals surface area (Å²) in [6, 6.07) is 0. The highest BCUT2D eigenvalue weighted by Crippen LogP contribution is 2.16. The lowest BCUT2D eigenvalue weighted by atomic mass is 10.1. The molecule has 0 aromatic carbocycles. The van der Waals surface area contributed by atoms with Crippen molar-refractivity contribution in [3.05, 3.63) is 59.9 Å². The predicted molar refractivity (Wildman–Crippen MR) is 74.3 cm³/mol. The summed E-state index contributed by atoms with van der Waals surface area (Å²) in [7, 11) is 1.23. The number of azo groups is 1. The Labute approximate surface area is 123 Å². The van der Waals surface area contributed by atoms with Crippen molar-refractivity contribution in [1.82, 2.24) is 0 Å². The fourth-order valence-corrected chi connectivity index (χ4v) is 1.26. The average molecular weight is 288 g/mol. The van der Waals surface area contributed by atoms with E-state index in [0.29, 0.717) is 6.42 Å². The number of esters is 1. The molecular formula is C15H16N2O4. The van der Waals surface area contributed by atoms with Gasteiger partial charge in [0.2, 0.25) is 11.3 Å². The smallest absolute Gasteiger partial charge is 0.399 e. The molecule has 0 amide bonds. The molecule has 0 aliphatic heterocycles. The summed E-state index contributed by atoms with van der Waals surface area (Å²) in [5.74, 6) is -1.16. The third-order valence-electron chi connectivity index (χ3n) is 2.35. The molecule has 0 heterocycles. The van der Waals surface area contributed by atoms with E-state index in [4.69, 9.17) is 4.74 Å². The number of carbonyl (C=O) groups excluding carboxylic acids is 1. The monoisotopic (exact) mass is 288 g/mol. The van der Waals surface area contributed by atoms with Crippen LogP contribution in [-0.2, 0) is 14.3 Å². The molecule has 0 spiro atoms. The number of nitrogens with zero attached hydrogens (tertiary/aromatic N) is 2. The van der Waals surface area contributed by atoms with Crippen LogP contribution in [0.2, 0.25) is 0 Å². The van der Waals surface area contributed by atoms with Crippen molar-refractivity contribution in [3.8, 4) is 0 Å². The quantitative estimate of drug-likeness (QED) is 0.235. The molecule has 0 saturated carbocycles. The number of methoxy groups -OCH3 is 1. The van der Waals surface area contributed by atoms with Gasteiger partial charge in [0.05, 0.1) is 24.8 Å². The van der Waals surface area contributed by atoms with Crippen molar-refractivity contribution >= 4 is 5.97 Å². The molecule has 0 atom stereocenters. The van der Waals surface area contributed by atoms with Crippen molar-refractivity contribution in [2.24, 2.45) is 10.2 Å². The summed E-state index contributed by atoms with van der Waals surface area (Å²) in [6.45, 7) is 5.83. The zero-order chi connectivity index (χ0) is 15.7. The van der Waals surface area contributed by atoms with Crippen LogP contribution in [0.4, 0.5) is 0 Å². The van der Waals surface area contributed by atoms with Crippen LogP contribution in [0.15, 0.2) is 64.0 Å². The van der Waals surface area contributed by atoms with Gasteiger partial charge in [0.15, 0.2) is 0 Å². The Kier molecular flexibility index (Phi) is 6.57. The van der Waals surface area contributed by atoms with E-state index in [1.54, 1.807) is 12.2 Å². The molecule has 0 radical (unpaired) electrons. The van der Waals surface area contributed by atoms with Crippen molar-refractivity contribution in [2.75, 3.05) is 13.7 Å². The van der Waals surface area contributed by atoms with Gasteiger partial charge in [-0.15, -0.1) is 11.7 Å². The molecule has 0 aromatic heterocycles. The highest BCUT2D eigenvalue weighted by molar-refractivity contribution is 5.93. The molecule has 0 aromatic rings. The molecule has 0 fully saturated rings. The van der Waals surface area contributed by atoms with Crippen LogP contribution in [0.25, 0.3) is 0 Å². The molecule has 0 saturated heterocycles. The maximum Gasteiger partial charge on any atom is 0.399 e. The van der Waals surface area contributed by atoms with E-state index in [1.807, 2.05) is 6.92 Å². The molecular weight excluding hydrogens is 272 g/mol. The van der Waals surface area contributed by atoms with Crippen molar-refractivity contribution in [1.29, 1.82) is 0 Å². The van der Waals surface area contributed by atoms with Crippen molar-refractivity contribution in [3.63, 3.8) is 0 Å². The Balaban J connectivity index is 2.79. The van der Waals surface area contributed by atoms with Gasteiger partial charge in [-0.25, -0.2) is 4.79 Å². The van der Waals surface area contributed by atoms with E-state index >= 15 is 0 Å². The van der Waals surface area contributed by atoms with Crippen LogP contribution in [0.5, 0.6) is 0 Å². The molecule has 1 rings (SSSR count). The van der Waals surface area contributed by atoms with Crippen LogP contribution in [0.1, 0.15) is 13.3 Å². The summed E-state index contributed by atoms with van der Waals surface area (Å²) in [6.07, 6.45) is 8.85. The third kappa shape index (κ3) is 5.84. The maximum absolute atomic E-state index is 11.9.